The number of rotatable bonds is 7. The van der Waals surface area contributed by atoms with Crippen molar-refractivity contribution in [2.75, 3.05) is 11.6 Å². The molecule has 0 atom stereocenters. The van der Waals surface area contributed by atoms with Gasteiger partial charge in [0.25, 0.3) is 6.20 Å². The Morgan fingerprint density at radius 2 is 2.10 bits per heavy atom. The third-order valence-electron chi connectivity index (χ3n) is 2.22. The summed E-state index contributed by atoms with van der Waals surface area (Å²) in [4.78, 5) is 20.3. The van der Waals surface area contributed by atoms with E-state index in [-0.39, 0.29) is 6.42 Å². The third kappa shape index (κ3) is 6.05. The maximum Gasteiger partial charge on any atom is 0.307 e. The van der Waals surface area contributed by atoms with Gasteiger partial charge in [-0.25, -0.2) is 0 Å². The van der Waals surface area contributed by atoms with E-state index < -0.39 is 10.9 Å². The zero-order valence-electron chi connectivity index (χ0n) is 10.8. The van der Waals surface area contributed by atoms with Gasteiger partial charge in [0.1, 0.15) is 5.03 Å². The molecule has 0 fully saturated rings. The monoisotopic (exact) mass is 294 g/mol. The number of nitrogens with one attached hydrogen (secondary N) is 1. The fraction of sp³-hybridized carbons (Fsp3) is 0.154. The minimum atomic E-state index is -0.880. The van der Waals surface area contributed by atoms with Crippen LogP contribution in [0.5, 0.6) is 0 Å². The maximum atomic E-state index is 10.4. The number of anilines is 1. The smallest absolute Gasteiger partial charge is 0.307 e. The number of carboxylic acid groups (broad SMARTS) is 1. The Balaban J connectivity index is 2.69. The van der Waals surface area contributed by atoms with E-state index in [2.05, 4.69) is 5.32 Å². The van der Waals surface area contributed by atoms with Crippen LogP contribution in [0.25, 0.3) is 6.08 Å². The summed E-state index contributed by atoms with van der Waals surface area (Å²) in [5, 5.41) is 22.3. The van der Waals surface area contributed by atoms with Crippen LogP contribution in [0.2, 0.25) is 0 Å². The molecule has 1 rings (SSSR count). The Morgan fingerprint density at radius 3 is 2.60 bits per heavy atom. The summed E-state index contributed by atoms with van der Waals surface area (Å²) in [5.41, 5.74) is 1.59. The van der Waals surface area contributed by atoms with Gasteiger partial charge in [-0.3, -0.25) is 14.9 Å². The molecule has 0 aliphatic carbocycles. The zero-order valence-corrected chi connectivity index (χ0v) is 11.6. The summed E-state index contributed by atoms with van der Waals surface area (Å²) in [6.45, 7) is 0. The molecule has 1 aromatic rings. The second kappa shape index (κ2) is 8.00. The normalized spacial score (nSPS) is 11.6. The van der Waals surface area contributed by atoms with Crippen LogP contribution in [0.15, 0.2) is 41.6 Å². The lowest BCUT2D eigenvalue weighted by Crippen LogP contribution is -1.98. The van der Waals surface area contributed by atoms with Crippen molar-refractivity contribution in [1.29, 1.82) is 0 Å². The molecule has 0 saturated heterocycles. The second-order valence-electron chi connectivity index (χ2n) is 3.73. The average Bonchev–Trinajstić information content (AvgIpc) is 2.39. The predicted molar refractivity (Wildman–Crippen MR) is 79.9 cm³/mol. The van der Waals surface area contributed by atoms with Crippen LogP contribution in [0.4, 0.5) is 5.69 Å². The summed E-state index contributed by atoms with van der Waals surface area (Å²) in [5.74, 6) is -0.880. The number of aliphatic carboxylic acids is 1. The minimum absolute atomic E-state index is 0.0256. The average molecular weight is 294 g/mol. The molecule has 0 aliphatic heterocycles. The Labute approximate surface area is 120 Å². The van der Waals surface area contributed by atoms with E-state index in [4.69, 9.17) is 5.11 Å². The number of hydrogen-bond donors (Lipinski definition) is 2. The number of nitrogens with zero attached hydrogens (tertiary/aromatic N) is 1. The molecular weight excluding hydrogens is 280 g/mol. The van der Waals surface area contributed by atoms with Gasteiger partial charge in [0.2, 0.25) is 0 Å². The molecule has 0 saturated carbocycles. The second-order valence-corrected chi connectivity index (χ2v) is 4.58. The summed E-state index contributed by atoms with van der Waals surface area (Å²) < 4.78 is 0. The lowest BCUT2D eigenvalue weighted by molar-refractivity contribution is -0.402. The van der Waals surface area contributed by atoms with Crippen LogP contribution in [0.3, 0.4) is 0 Å². The molecule has 2 N–H and O–H groups in total. The molecule has 106 valence electrons. The van der Waals surface area contributed by atoms with Gasteiger partial charge >= 0.3 is 5.97 Å². The van der Waals surface area contributed by atoms with Crippen molar-refractivity contribution >= 4 is 29.5 Å². The predicted octanol–water partition coefficient (Wildman–Crippen LogP) is 3.03. The lowest BCUT2D eigenvalue weighted by atomic mass is 10.2. The first-order valence-electron chi connectivity index (χ1n) is 5.66. The molecule has 0 radical (unpaired) electrons. The number of hydrogen-bond acceptors (Lipinski definition) is 5. The Kier molecular flexibility index (Phi) is 6.31. The Hall–Kier alpha value is -2.28. The van der Waals surface area contributed by atoms with Crippen molar-refractivity contribution in [3.8, 4) is 0 Å². The topological polar surface area (TPSA) is 92.5 Å². The molecule has 1 aromatic carbocycles. The van der Waals surface area contributed by atoms with Crippen LogP contribution >= 0.6 is 11.8 Å². The number of carboxylic acids is 1. The molecule has 0 spiro atoms. The van der Waals surface area contributed by atoms with E-state index in [0.717, 1.165) is 17.5 Å². The van der Waals surface area contributed by atoms with Gasteiger partial charge < -0.3 is 10.4 Å². The molecule has 7 heteroatoms. The number of benzene rings is 1. The molecule has 20 heavy (non-hydrogen) atoms. The van der Waals surface area contributed by atoms with Crippen LogP contribution < -0.4 is 5.32 Å². The fourth-order valence-corrected chi connectivity index (χ4v) is 1.76. The highest BCUT2D eigenvalue weighted by molar-refractivity contribution is 8.02. The first-order chi connectivity index (χ1) is 9.51. The Morgan fingerprint density at radius 1 is 1.45 bits per heavy atom. The Bertz CT molecular complexity index is 538. The van der Waals surface area contributed by atoms with E-state index in [0.29, 0.717) is 5.03 Å². The standard InChI is InChI=1S/C13H14N2O4S/c1-20-12(9-15(18)19)14-11-7-5-10(6-8-11)3-2-4-13(16)17/h2-3,5-9,14H,4H2,1H3,(H,16,17). The van der Waals surface area contributed by atoms with Crippen molar-refractivity contribution in [3.63, 3.8) is 0 Å². The number of thioether (sulfide) groups is 1. The van der Waals surface area contributed by atoms with Crippen LogP contribution in [0.1, 0.15) is 12.0 Å². The molecule has 0 unspecified atom stereocenters. The quantitative estimate of drug-likeness (QED) is 0.593. The lowest BCUT2D eigenvalue weighted by Gasteiger charge is -2.06. The first kappa shape index (κ1) is 15.8. The molecule has 0 aliphatic rings. The minimum Gasteiger partial charge on any atom is -0.481 e. The summed E-state index contributed by atoms with van der Waals surface area (Å²) in [7, 11) is 0. The van der Waals surface area contributed by atoms with E-state index in [1.165, 1.54) is 11.8 Å². The molecule has 0 amide bonds. The molecular formula is C13H14N2O4S. The highest BCUT2D eigenvalue weighted by Gasteiger charge is 2.01. The van der Waals surface area contributed by atoms with Crippen molar-refractivity contribution < 1.29 is 14.8 Å². The zero-order chi connectivity index (χ0) is 15.0. The van der Waals surface area contributed by atoms with E-state index in [1.807, 2.05) is 0 Å². The van der Waals surface area contributed by atoms with Gasteiger partial charge in [-0.1, -0.05) is 24.3 Å². The van der Waals surface area contributed by atoms with Crippen molar-refractivity contribution in [1.82, 2.24) is 0 Å². The number of nitro groups is 1. The van der Waals surface area contributed by atoms with Crippen LogP contribution in [0, 0.1) is 10.1 Å². The highest BCUT2D eigenvalue weighted by Crippen LogP contribution is 2.18. The van der Waals surface area contributed by atoms with Gasteiger partial charge in [-0.2, -0.15) is 0 Å². The van der Waals surface area contributed by atoms with Gasteiger partial charge in [-0.15, -0.1) is 11.8 Å². The molecule has 6 nitrogen and oxygen atoms in total. The molecule has 0 heterocycles. The SMILES string of the molecule is CSC(=C[N+](=O)[O-])Nc1ccc(C=CCC(=O)O)cc1. The highest BCUT2D eigenvalue weighted by atomic mass is 32.2. The fourth-order valence-electron chi connectivity index (χ4n) is 1.35. The van der Waals surface area contributed by atoms with E-state index >= 15 is 0 Å². The summed E-state index contributed by atoms with van der Waals surface area (Å²) in [6, 6.07) is 7.13. The van der Waals surface area contributed by atoms with Crippen molar-refractivity contribution in [3.05, 3.63) is 57.2 Å². The third-order valence-corrected chi connectivity index (χ3v) is 2.87. The molecule has 0 bridgehead atoms. The summed E-state index contributed by atoms with van der Waals surface area (Å²) >= 11 is 1.24. The van der Waals surface area contributed by atoms with Gasteiger partial charge in [-0.05, 0) is 24.0 Å². The van der Waals surface area contributed by atoms with Crippen molar-refractivity contribution in [2.24, 2.45) is 0 Å². The van der Waals surface area contributed by atoms with Gasteiger partial charge in [0, 0.05) is 5.69 Å². The number of carbonyl (C=O) groups is 1. The van der Waals surface area contributed by atoms with Crippen molar-refractivity contribution in [2.45, 2.75) is 6.42 Å². The van der Waals surface area contributed by atoms with E-state index in [9.17, 15) is 14.9 Å². The maximum absolute atomic E-state index is 10.4. The first-order valence-corrected chi connectivity index (χ1v) is 6.88. The van der Waals surface area contributed by atoms with Crippen LogP contribution in [-0.4, -0.2) is 22.3 Å². The largest absolute Gasteiger partial charge is 0.481 e. The van der Waals surface area contributed by atoms with Crippen LogP contribution in [-0.2, 0) is 4.79 Å². The summed E-state index contributed by atoms with van der Waals surface area (Å²) in [6.07, 6.45) is 5.89. The molecule has 0 aromatic heterocycles. The van der Waals surface area contributed by atoms with Gasteiger partial charge in [0.15, 0.2) is 0 Å². The van der Waals surface area contributed by atoms with Gasteiger partial charge in [0.05, 0.1) is 11.3 Å². The van der Waals surface area contributed by atoms with E-state index in [1.54, 1.807) is 42.7 Å².